The highest BCUT2D eigenvalue weighted by Crippen LogP contribution is 2.37. The van der Waals surface area contributed by atoms with Crippen molar-refractivity contribution in [2.45, 2.75) is 21.7 Å². The van der Waals surface area contributed by atoms with Crippen molar-refractivity contribution >= 4 is 27.1 Å². The lowest BCUT2D eigenvalue weighted by Gasteiger charge is -2.08. The second-order valence-corrected chi connectivity index (χ2v) is 9.51. The summed E-state index contributed by atoms with van der Waals surface area (Å²) in [7, 11) is -1.59. The molecule has 1 N–H and O–H groups in total. The third-order valence-corrected chi connectivity index (χ3v) is 7.44. The topological polar surface area (TPSA) is 98.5 Å². The Bertz CT molecular complexity index is 1210. The number of halogens is 3. The Kier molecular flexibility index (Phi) is 5.65. The fraction of sp³-hybridized carbons (Fsp3) is 0.222. The Morgan fingerprint density at radius 1 is 1.23 bits per heavy atom. The number of sulfone groups is 1. The summed E-state index contributed by atoms with van der Waals surface area (Å²) in [5, 5.41) is 12.8. The predicted molar refractivity (Wildman–Crippen MR) is 101 cm³/mol. The number of hydrogen-bond acceptors (Lipinski definition) is 6. The molecule has 0 aliphatic carbocycles. The minimum Gasteiger partial charge on any atom is -0.497 e. The highest BCUT2D eigenvalue weighted by atomic mass is 32.2. The number of alkyl halides is 3. The van der Waals surface area contributed by atoms with Crippen molar-refractivity contribution in [1.29, 1.82) is 0 Å². The lowest BCUT2D eigenvalue weighted by molar-refractivity contribution is -0.143. The summed E-state index contributed by atoms with van der Waals surface area (Å²) in [4.78, 5) is 11.0. The molecule has 3 rings (SSSR count). The van der Waals surface area contributed by atoms with Crippen molar-refractivity contribution in [2.75, 3.05) is 7.11 Å². The molecule has 7 nitrogen and oxygen atoms in total. The van der Waals surface area contributed by atoms with Gasteiger partial charge in [0, 0.05) is 7.05 Å². The summed E-state index contributed by atoms with van der Waals surface area (Å²) >= 11 is 0.765. The number of rotatable bonds is 6. The van der Waals surface area contributed by atoms with Crippen LogP contribution >= 0.6 is 11.3 Å². The number of nitrogens with zero attached hydrogens (tertiary/aromatic N) is 2. The molecule has 0 radical (unpaired) electrons. The Hall–Kier alpha value is -2.86. The number of hydrogen-bond donors (Lipinski definition) is 1. The lowest BCUT2D eigenvalue weighted by atomic mass is 10.1. The van der Waals surface area contributed by atoms with Crippen LogP contribution in [0, 0.1) is 0 Å². The Labute approximate surface area is 173 Å². The van der Waals surface area contributed by atoms with Gasteiger partial charge in [-0.2, -0.15) is 18.3 Å². The van der Waals surface area contributed by atoms with Crippen LogP contribution in [0.25, 0.3) is 10.6 Å². The third-order valence-electron chi connectivity index (χ3n) is 4.11. The quantitative estimate of drug-likeness (QED) is 0.603. The second-order valence-electron chi connectivity index (χ2n) is 6.25. The van der Waals surface area contributed by atoms with Gasteiger partial charge in [-0.05, 0) is 42.0 Å². The van der Waals surface area contributed by atoms with E-state index in [0.29, 0.717) is 4.68 Å². The van der Waals surface area contributed by atoms with E-state index in [-0.39, 0.29) is 31.0 Å². The summed E-state index contributed by atoms with van der Waals surface area (Å²) in [5.41, 5.74) is -0.730. The normalized spacial score (nSPS) is 12.2. The van der Waals surface area contributed by atoms with Crippen LogP contribution in [0.15, 0.2) is 45.5 Å². The van der Waals surface area contributed by atoms with Gasteiger partial charge in [-0.25, -0.2) is 8.42 Å². The Morgan fingerprint density at radius 3 is 2.50 bits per heavy atom. The average molecular weight is 460 g/mol. The fourth-order valence-electron chi connectivity index (χ4n) is 2.75. The number of carbonyl (C=O) groups is 1. The van der Waals surface area contributed by atoms with Crippen LogP contribution in [0.5, 0.6) is 5.75 Å². The van der Waals surface area contributed by atoms with Crippen LogP contribution in [-0.2, 0) is 34.3 Å². The molecule has 3 aromatic rings. The van der Waals surface area contributed by atoms with Crippen LogP contribution in [0.1, 0.15) is 11.3 Å². The maximum absolute atomic E-state index is 13.0. The molecule has 0 bridgehead atoms. The lowest BCUT2D eigenvalue weighted by Crippen LogP contribution is -2.11. The number of thiophene rings is 1. The first-order valence-corrected chi connectivity index (χ1v) is 10.6. The van der Waals surface area contributed by atoms with E-state index in [1.54, 1.807) is 0 Å². The van der Waals surface area contributed by atoms with Crippen LogP contribution in [0.4, 0.5) is 13.2 Å². The molecule has 2 heterocycles. The van der Waals surface area contributed by atoms with Gasteiger partial charge in [0.25, 0.3) is 0 Å². The van der Waals surface area contributed by atoms with Crippen LogP contribution < -0.4 is 4.74 Å². The van der Waals surface area contributed by atoms with Gasteiger partial charge < -0.3 is 9.84 Å². The maximum atomic E-state index is 13.0. The van der Waals surface area contributed by atoms with Gasteiger partial charge in [0.2, 0.25) is 9.84 Å². The van der Waals surface area contributed by atoms with E-state index >= 15 is 0 Å². The molecule has 0 fully saturated rings. The molecule has 0 amide bonds. The first kappa shape index (κ1) is 21.8. The number of aliphatic carboxylic acids is 1. The molecule has 0 unspecified atom stereocenters. The molecule has 12 heteroatoms. The Balaban J connectivity index is 2.02. The molecule has 0 aliphatic heterocycles. The van der Waals surface area contributed by atoms with Crippen molar-refractivity contribution in [3.8, 4) is 16.3 Å². The van der Waals surface area contributed by atoms with Crippen molar-refractivity contribution in [3.05, 3.63) is 47.7 Å². The Morgan fingerprint density at radius 2 is 1.93 bits per heavy atom. The molecule has 0 spiro atoms. The maximum Gasteiger partial charge on any atom is 0.433 e. The molecule has 0 atom stereocenters. The molecule has 0 saturated heterocycles. The van der Waals surface area contributed by atoms with E-state index in [1.807, 2.05) is 0 Å². The number of ether oxygens (including phenoxy) is 1. The van der Waals surface area contributed by atoms with Crippen LogP contribution in [-0.4, -0.2) is 36.4 Å². The highest BCUT2D eigenvalue weighted by Gasteiger charge is 2.35. The van der Waals surface area contributed by atoms with Gasteiger partial charge in [-0.1, -0.05) is 0 Å². The van der Waals surface area contributed by atoms with Gasteiger partial charge in [0.05, 0.1) is 23.3 Å². The van der Waals surface area contributed by atoms with Gasteiger partial charge in [0.1, 0.15) is 21.3 Å². The van der Waals surface area contributed by atoms with Gasteiger partial charge >= 0.3 is 12.1 Å². The number of aromatic nitrogens is 2. The molecule has 30 heavy (non-hydrogen) atoms. The van der Waals surface area contributed by atoms with E-state index < -0.39 is 34.1 Å². The highest BCUT2D eigenvalue weighted by molar-refractivity contribution is 7.93. The summed E-state index contributed by atoms with van der Waals surface area (Å²) < 4.78 is 70.6. The predicted octanol–water partition coefficient (Wildman–Crippen LogP) is 3.64. The standard InChI is InChI=1S/C18H15F3N2O5S2/c1-23-15(18(19,20)21)9-13(22-23)14-3-4-17(29-14)30(26,27)12-6-10(7-16(24)25)5-11(8-12)28-2/h3-6,8-9H,7H2,1-2H3,(H,24,25). The number of benzene rings is 1. The smallest absolute Gasteiger partial charge is 0.433 e. The van der Waals surface area contributed by atoms with Crippen molar-refractivity contribution in [1.82, 2.24) is 9.78 Å². The second kappa shape index (κ2) is 7.76. The molecule has 0 saturated carbocycles. The van der Waals surface area contributed by atoms with Crippen molar-refractivity contribution < 1.29 is 36.2 Å². The third kappa shape index (κ3) is 4.33. The van der Waals surface area contributed by atoms with Gasteiger partial charge in [-0.3, -0.25) is 9.48 Å². The summed E-state index contributed by atoms with van der Waals surface area (Å²) in [5.74, 6) is -0.968. The van der Waals surface area contributed by atoms with Crippen LogP contribution in [0.2, 0.25) is 0 Å². The number of methoxy groups -OCH3 is 1. The molecule has 1 aromatic carbocycles. The molecule has 2 aromatic heterocycles. The minimum atomic E-state index is -4.59. The molecule has 160 valence electrons. The molecular weight excluding hydrogens is 445 g/mol. The number of carboxylic acid groups (broad SMARTS) is 1. The summed E-state index contributed by atoms with van der Waals surface area (Å²) in [6.07, 6.45) is -4.99. The van der Waals surface area contributed by atoms with E-state index in [9.17, 15) is 26.4 Å². The van der Waals surface area contributed by atoms with E-state index in [2.05, 4.69) is 5.10 Å². The first-order valence-electron chi connectivity index (χ1n) is 8.28. The van der Waals surface area contributed by atoms with Crippen molar-refractivity contribution in [3.63, 3.8) is 0 Å². The SMILES string of the molecule is COc1cc(CC(=O)O)cc(S(=O)(=O)c2ccc(-c3cc(C(F)(F)F)n(C)n3)s2)c1. The summed E-state index contributed by atoms with van der Waals surface area (Å²) in [6, 6.07) is 7.39. The summed E-state index contributed by atoms with van der Waals surface area (Å²) in [6.45, 7) is 0. The number of aryl methyl sites for hydroxylation is 1. The minimum absolute atomic E-state index is 0.00603. The van der Waals surface area contributed by atoms with Crippen molar-refractivity contribution in [2.24, 2.45) is 7.05 Å². The average Bonchev–Trinajstić information content (AvgIpc) is 3.27. The molecule has 0 aliphatic rings. The van der Waals surface area contributed by atoms with E-state index in [0.717, 1.165) is 24.5 Å². The van der Waals surface area contributed by atoms with Crippen LogP contribution in [0.3, 0.4) is 0 Å². The number of carboxylic acids is 1. The fourth-order valence-corrected chi connectivity index (χ4v) is 5.50. The van der Waals surface area contributed by atoms with Gasteiger partial charge in [-0.15, -0.1) is 11.3 Å². The van der Waals surface area contributed by atoms with E-state index in [1.165, 1.54) is 37.4 Å². The first-order chi connectivity index (χ1) is 13.9. The zero-order valence-corrected chi connectivity index (χ0v) is 17.2. The largest absolute Gasteiger partial charge is 0.497 e. The monoisotopic (exact) mass is 460 g/mol. The van der Waals surface area contributed by atoms with E-state index in [4.69, 9.17) is 9.84 Å². The van der Waals surface area contributed by atoms with Gasteiger partial charge in [0.15, 0.2) is 0 Å². The zero-order chi connectivity index (χ0) is 22.3. The molecular formula is C18H15F3N2O5S2. The zero-order valence-electron chi connectivity index (χ0n) is 15.6.